The first-order valence-electron chi connectivity index (χ1n) is 8.43. The van der Waals surface area contributed by atoms with Gasteiger partial charge in [0.25, 0.3) is 0 Å². The first kappa shape index (κ1) is 20.3. The number of rotatable bonds is 7. The molecule has 9 heteroatoms. The molecule has 26 heavy (non-hydrogen) atoms. The minimum atomic E-state index is -3.32. The van der Waals surface area contributed by atoms with E-state index in [1.807, 2.05) is 18.2 Å². The lowest BCUT2D eigenvalue weighted by Gasteiger charge is -2.19. The van der Waals surface area contributed by atoms with Crippen molar-refractivity contribution in [1.82, 2.24) is 14.5 Å². The average molecular weight is 385 g/mol. The number of nitrogens with zero attached hydrogens (tertiary/aromatic N) is 2. The van der Waals surface area contributed by atoms with Gasteiger partial charge in [0.2, 0.25) is 10.0 Å². The van der Waals surface area contributed by atoms with Gasteiger partial charge in [-0.3, -0.25) is 0 Å². The first-order valence-corrected chi connectivity index (χ1v) is 10.0. The molecule has 1 aliphatic heterocycles. The van der Waals surface area contributed by atoms with Gasteiger partial charge >= 0.3 is 6.03 Å². The van der Waals surface area contributed by atoms with Crippen molar-refractivity contribution in [3.63, 3.8) is 0 Å². The number of hydrogen-bond acceptors (Lipinski definition) is 5. The summed E-state index contributed by atoms with van der Waals surface area (Å²) in [6, 6.07) is 5.40. The molecule has 8 nitrogen and oxygen atoms in total. The van der Waals surface area contributed by atoms with Gasteiger partial charge in [-0.1, -0.05) is 0 Å². The predicted octanol–water partition coefficient (Wildman–Crippen LogP) is 1.09. The highest BCUT2D eigenvalue weighted by molar-refractivity contribution is 7.89. The summed E-state index contributed by atoms with van der Waals surface area (Å²) in [6.45, 7) is 1.25. The van der Waals surface area contributed by atoms with Crippen molar-refractivity contribution in [3.8, 4) is 11.5 Å². The molecule has 1 fully saturated rings. The molecule has 0 spiro atoms. The van der Waals surface area contributed by atoms with Crippen molar-refractivity contribution in [1.29, 1.82) is 0 Å². The van der Waals surface area contributed by atoms with E-state index in [9.17, 15) is 13.2 Å². The average Bonchev–Trinajstić information content (AvgIpc) is 3.10. The number of hydrogen-bond donors (Lipinski definition) is 1. The fourth-order valence-corrected chi connectivity index (χ4v) is 3.66. The Morgan fingerprint density at radius 3 is 2.65 bits per heavy atom. The summed E-state index contributed by atoms with van der Waals surface area (Å²) in [5, 5.41) is 2.68. The van der Waals surface area contributed by atoms with Crippen LogP contribution in [0.25, 0.3) is 0 Å². The van der Waals surface area contributed by atoms with Gasteiger partial charge in [-0.05, 0) is 24.6 Å². The number of urea groups is 1. The van der Waals surface area contributed by atoms with Crippen molar-refractivity contribution >= 4 is 16.1 Å². The fraction of sp³-hybridized carbons (Fsp3) is 0.588. The zero-order valence-electron chi connectivity index (χ0n) is 15.7. The zero-order chi connectivity index (χ0) is 19.3. The molecule has 2 rings (SSSR count). The fourth-order valence-electron chi connectivity index (χ4n) is 2.94. The Balaban J connectivity index is 1.95. The molecule has 1 heterocycles. The number of benzene rings is 1. The van der Waals surface area contributed by atoms with Crippen molar-refractivity contribution < 1.29 is 22.7 Å². The largest absolute Gasteiger partial charge is 0.497 e. The van der Waals surface area contributed by atoms with E-state index in [1.54, 1.807) is 19.1 Å². The van der Waals surface area contributed by atoms with Crippen molar-refractivity contribution in [2.45, 2.75) is 12.3 Å². The monoisotopic (exact) mass is 385 g/mol. The summed E-state index contributed by atoms with van der Waals surface area (Å²) < 4.78 is 35.3. The molecule has 0 radical (unpaired) electrons. The Morgan fingerprint density at radius 2 is 2.04 bits per heavy atom. The molecule has 0 saturated carbocycles. The lowest BCUT2D eigenvalue weighted by Crippen LogP contribution is -2.41. The molecule has 146 valence electrons. The third-order valence-corrected chi connectivity index (χ3v) is 6.38. The van der Waals surface area contributed by atoms with E-state index in [2.05, 4.69) is 5.32 Å². The van der Waals surface area contributed by atoms with E-state index in [1.165, 1.54) is 14.1 Å². The second-order valence-corrected chi connectivity index (χ2v) is 8.67. The van der Waals surface area contributed by atoms with E-state index in [0.717, 1.165) is 27.8 Å². The maximum absolute atomic E-state index is 12.3. The Kier molecular flexibility index (Phi) is 6.71. The number of carbonyl (C=O) groups excluding carboxylic acids is 1. The summed E-state index contributed by atoms with van der Waals surface area (Å²) in [4.78, 5) is 14.0. The number of likely N-dealkylation sites (tertiary alicyclic amines) is 1. The van der Waals surface area contributed by atoms with Crippen LogP contribution in [0.15, 0.2) is 18.2 Å². The lowest BCUT2D eigenvalue weighted by molar-refractivity contribution is 0.209. The lowest BCUT2D eigenvalue weighted by atomic mass is 9.97. The summed E-state index contributed by atoms with van der Waals surface area (Å²) >= 11 is 0. The Labute approximate surface area is 155 Å². The van der Waals surface area contributed by atoms with Crippen LogP contribution in [0.5, 0.6) is 11.5 Å². The van der Waals surface area contributed by atoms with Gasteiger partial charge in [0.15, 0.2) is 0 Å². The molecule has 0 aromatic heterocycles. The van der Waals surface area contributed by atoms with Crippen LogP contribution in [0.2, 0.25) is 0 Å². The van der Waals surface area contributed by atoms with Crippen LogP contribution in [-0.4, -0.2) is 77.4 Å². The minimum Gasteiger partial charge on any atom is -0.497 e. The quantitative estimate of drug-likeness (QED) is 0.759. The molecule has 1 N–H and O–H groups in total. The normalized spacial score (nSPS) is 17.4. The summed E-state index contributed by atoms with van der Waals surface area (Å²) in [7, 11) is 2.87. The number of nitrogens with one attached hydrogen (secondary N) is 1. The zero-order valence-corrected chi connectivity index (χ0v) is 16.5. The summed E-state index contributed by atoms with van der Waals surface area (Å²) in [5.41, 5.74) is 1.01. The van der Waals surface area contributed by atoms with Crippen LogP contribution in [0.4, 0.5) is 4.79 Å². The molecule has 2 amide bonds. The van der Waals surface area contributed by atoms with Crippen LogP contribution in [0, 0.1) is 0 Å². The van der Waals surface area contributed by atoms with Crippen LogP contribution in [-0.2, 0) is 10.0 Å². The molecule has 1 aliphatic rings. The Hall–Kier alpha value is -2.00. The second-order valence-electron chi connectivity index (χ2n) is 6.37. The SMILES string of the molecule is COc1ccc(OC)c(C2CCN(C(=O)NCCS(=O)(=O)N(C)C)C2)c1. The number of amides is 2. The highest BCUT2D eigenvalue weighted by Crippen LogP contribution is 2.35. The standard InChI is InChI=1S/C17H27N3O5S/c1-19(2)26(22,23)10-8-18-17(21)20-9-7-13(12-20)15-11-14(24-3)5-6-16(15)25-4/h5-6,11,13H,7-10,12H2,1-4H3,(H,18,21). The van der Waals surface area contributed by atoms with Crippen LogP contribution in [0.1, 0.15) is 17.9 Å². The van der Waals surface area contributed by atoms with Crippen molar-refractivity contribution in [3.05, 3.63) is 23.8 Å². The van der Waals surface area contributed by atoms with Gasteiger partial charge in [0.1, 0.15) is 11.5 Å². The van der Waals surface area contributed by atoms with Gasteiger partial charge in [-0.25, -0.2) is 17.5 Å². The second kappa shape index (κ2) is 8.59. The number of ether oxygens (including phenoxy) is 2. The minimum absolute atomic E-state index is 0.0863. The predicted molar refractivity (Wildman–Crippen MR) is 99.3 cm³/mol. The van der Waals surface area contributed by atoms with Gasteiger partial charge in [-0.2, -0.15) is 0 Å². The maximum atomic E-state index is 12.3. The molecular formula is C17H27N3O5S. The van der Waals surface area contributed by atoms with Gasteiger partial charge < -0.3 is 19.7 Å². The van der Waals surface area contributed by atoms with E-state index < -0.39 is 10.0 Å². The van der Waals surface area contributed by atoms with Crippen LogP contribution in [0.3, 0.4) is 0 Å². The van der Waals surface area contributed by atoms with E-state index in [0.29, 0.717) is 13.1 Å². The number of methoxy groups -OCH3 is 2. The molecule has 1 aromatic carbocycles. The van der Waals surface area contributed by atoms with Gasteiger partial charge in [0.05, 0.1) is 20.0 Å². The molecular weight excluding hydrogens is 358 g/mol. The molecule has 1 atom stereocenters. The summed E-state index contributed by atoms with van der Waals surface area (Å²) in [6.07, 6.45) is 0.812. The molecule has 1 unspecified atom stereocenters. The topological polar surface area (TPSA) is 88.2 Å². The van der Waals surface area contributed by atoms with Crippen molar-refractivity contribution in [2.24, 2.45) is 0 Å². The highest BCUT2D eigenvalue weighted by Gasteiger charge is 2.29. The van der Waals surface area contributed by atoms with Crippen LogP contribution >= 0.6 is 0 Å². The Morgan fingerprint density at radius 1 is 1.31 bits per heavy atom. The van der Waals surface area contributed by atoms with E-state index in [4.69, 9.17) is 9.47 Å². The third kappa shape index (κ3) is 4.79. The van der Waals surface area contributed by atoms with E-state index in [-0.39, 0.29) is 24.2 Å². The van der Waals surface area contributed by atoms with Crippen molar-refractivity contribution in [2.75, 3.05) is 53.7 Å². The third-order valence-electron chi connectivity index (χ3n) is 4.54. The highest BCUT2D eigenvalue weighted by atomic mass is 32.2. The molecule has 0 bridgehead atoms. The Bertz CT molecular complexity index is 736. The maximum Gasteiger partial charge on any atom is 0.317 e. The number of carbonyl (C=O) groups is 1. The molecule has 1 aromatic rings. The molecule has 0 aliphatic carbocycles. The van der Waals surface area contributed by atoms with E-state index >= 15 is 0 Å². The van der Waals surface area contributed by atoms with Gasteiger partial charge in [-0.15, -0.1) is 0 Å². The van der Waals surface area contributed by atoms with Crippen LogP contribution < -0.4 is 14.8 Å². The smallest absolute Gasteiger partial charge is 0.317 e. The first-order chi connectivity index (χ1) is 12.3. The summed E-state index contributed by atoms with van der Waals surface area (Å²) in [5.74, 6) is 1.55. The van der Waals surface area contributed by atoms with Gasteiger partial charge in [0, 0.05) is 45.2 Å². The number of sulfonamides is 1. The molecule has 1 saturated heterocycles.